The van der Waals surface area contributed by atoms with Crippen molar-refractivity contribution in [2.75, 3.05) is 25.5 Å². The fourth-order valence-corrected chi connectivity index (χ4v) is 1.14. The monoisotopic (exact) mass is 231 g/mol. The highest BCUT2D eigenvalue weighted by molar-refractivity contribution is 5.49. The number of methoxy groups -OCH3 is 1. The zero-order chi connectivity index (χ0) is 12.1. The smallest absolute Gasteiger partial charge is 0.167 e. The number of ether oxygens (including phenoxy) is 1. The van der Waals surface area contributed by atoms with Crippen LogP contribution in [0.4, 0.5) is 14.5 Å². The van der Waals surface area contributed by atoms with Crippen molar-refractivity contribution in [1.29, 1.82) is 0 Å². The fourth-order valence-electron chi connectivity index (χ4n) is 1.14. The highest BCUT2D eigenvalue weighted by Crippen LogP contribution is 2.24. The molecule has 0 aromatic heterocycles. The number of benzene rings is 1. The van der Waals surface area contributed by atoms with Gasteiger partial charge >= 0.3 is 0 Å². The molecule has 1 rings (SSSR count). The van der Waals surface area contributed by atoms with Crippen molar-refractivity contribution in [1.82, 2.24) is 0 Å². The molecule has 6 heteroatoms. The summed E-state index contributed by atoms with van der Waals surface area (Å²) < 4.78 is 31.3. The topological polar surface area (TPSA) is 73.3 Å². The third-order valence-corrected chi connectivity index (χ3v) is 2.10. The second-order valence-electron chi connectivity index (χ2n) is 3.34. The maximum atomic E-state index is 13.4. The standard InChI is InChI=1S/C10H15F2N3O/c1-16-10-3-7(11)9(2-8(10)12)15-5-6(14)4-13/h2-3,6,15H,4-5,13-14H2,1H3. The van der Waals surface area contributed by atoms with E-state index in [9.17, 15) is 8.78 Å². The molecule has 0 aliphatic carbocycles. The van der Waals surface area contributed by atoms with Crippen molar-refractivity contribution in [3.05, 3.63) is 23.8 Å². The van der Waals surface area contributed by atoms with Crippen LogP contribution in [-0.2, 0) is 0 Å². The lowest BCUT2D eigenvalue weighted by atomic mass is 10.2. The molecule has 4 nitrogen and oxygen atoms in total. The number of halogens is 2. The summed E-state index contributed by atoms with van der Waals surface area (Å²) in [6, 6.07) is 1.70. The lowest BCUT2D eigenvalue weighted by molar-refractivity contribution is 0.383. The molecule has 1 aromatic carbocycles. The van der Waals surface area contributed by atoms with Gasteiger partial charge in [0.05, 0.1) is 12.8 Å². The number of hydrogen-bond donors (Lipinski definition) is 3. The summed E-state index contributed by atoms with van der Waals surface area (Å²) in [4.78, 5) is 0. The highest BCUT2D eigenvalue weighted by atomic mass is 19.1. The van der Waals surface area contributed by atoms with Crippen molar-refractivity contribution < 1.29 is 13.5 Å². The van der Waals surface area contributed by atoms with Gasteiger partial charge in [0.2, 0.25) is 0 Å². The van der Waals surface area contributed by atoms with Gasteiger partial charge in [0.1, 0.15) is 5.82 Å². The maximum absolute atomic E-state index is 13.4. The summed E-state index contributed by atoms with van der Waals surface area (Å²) in [7, 11) is 1.27. The summed E-state index contributed by atoms with van der Waals surface area (Å²) in [5.41, 5.74) is 10.9. The molecule has 0 radical (unpaired) electrons. The lowest BCUT2D eigenvalue weighted by Gasteiger charge is -2.13. The highest BCUT2D eigenvalue weighted by Gasteiger charge is 2.10. The molecule has 0 amide bonds. The zero-order valence-electron chi connectivity index (χ0n) is 8.97. The van der Waals surface area contributed by atoms with E-state index in [0.717, 1.165) is 12.1 Å². The van der Waals surface area contributed by atoms with E-state index in [1.165, 1.54) is 7.11 Å². The van der Waals surface area contributed by atoms with Crippen LogP contribution >= 0.6 is 0 Å². The normalized spacial score (nSPS) is 12.3. The number of anilines is 1. The first-order valence-electron chi connectivity index (χ1n) is 4.81. The van der Waals surface area contributed by atoms with E-state index in [0.29, 0.717) is 0 Å². The van der Waals surface area contributed by atoms with Gasteiger partial charge in [0, 0.05) is 31.3 Å². The molecule has 0 heterocycles. The third-order valence-electron chi connectivity index (χ3n) is 2.10. The molecule has 1 atom stereocenters. The minimum atomic E-state index is -0.632. The Labute approximate surface area is 92.6 Å². The van der Waals surface area contributed by atoms with Gasteiger partial charge < -0.3 is 21.5 Å². The predicted octanol–water partition coefficient (Wildman–Crippen LogP) is 0.671. The lowest BCUT2D eigenvalue weighted by Crippen LogP contribution is -2.36. The minimum absolute atomic E-state index is 0.0437. The van der Waals surface area contributed by atoms with Crippen molar-refractivity contribution in [2.24, 2.45) is 11.5 Å². The first kappa shape index (κ1) is 12.7. The Morgan fingerprint density at radius 2 is 2.06 bits per heavy atom. The molecule has 1 unspecified atom stereocenters. The molecule has 0 fully saturated rings. The van der Waals surface area contributed by atoms with Crippen LogP contribution in [0, 0.1) is 11.6 Å². The summed E-state index contributed by atoms with van der Waals surface area (Å²) in [6.07, 6.45) is 0. The summed E-state index contributed by atoms with van der Waals surface area (Å²) in [6.45, 7) is 0.548. The van der Waals surface area contributed by atoms with E-state index in [1.807, 2.05) is 0 Å². The molecule has 0 aliphatic rings. The zero-order valence-corrected chi connectivity index (χ0v) is 8.97. The third kappa shape index (κ3) is 3.04. The van der Waals surface area contributed by atoms with Crippen LogP contribution in [0.2, 0.25) is 0 Å². The second-order valence-corrected chi connectivity index (χ2v) is 3.34. The van der Waals surface area contributed by atoms with Crippen LogP contribution < -0.4 is 21.5 Å². The van der Waals surface area contributed by atoms with Crippen LogP contribution in [0.25, 0.3) is 0 Å². The van der Waals surface area contributed by atoms with Gasteiger partial charge in [-0.1, -0.05) is 0 Å². The molecule has 0 saturated heterocycles. The average Bonchev–Trinajstić information content (AvgIpc) is 2.29. The van der Waals surface area contributed by atoms with Crippen LogP contribution in [0.1, 0.15) is 0 Å². The molecule has 0 saturated carbocycles. The van der Waals surface area contributed by atoms with E-state index in [1.54, 1.807) is 0 Å². The Kier molecular flexibility index (Phi) is 4.45. The Morgan fingerprint density at radius 3 is 2.62 bits per heavy atom. The summed E-state index contributed by atoms with van der Waals surface area (Å²) in [5.74, 6) is -1.36. The van der Waals surface area contributed by atoms with Gasteiger partial charge in [-0.2, -0.15) is 0 Å². The van der Waals surface area contributed by atoms with Gasteiger partial charge in [-0.25, -0.2) is 8.78 Å². The van der Waals surface area contributed by atoms with Crippen LogP contribution in [0.5, 0.6) is 5.75 Å². The van der Waals surface area contributed by atoms with Crippen LogP contribution in [0.15, 0.2) is 12.1 Å². The largest absolute Gasteiger partial charge is 0.494 e. The van der Waals surface area contributed by atoms with Crippen molar-refractivity contribution in [2.45, 2.75) is 6.04 Å². The Morgan fingerprint density at radius 1 is 1.38 bits per heavy atom. The van der Waals surface area contributed by atoms with Gasteiger partial charge in [-0.15, -0.1) is 0 Å². The molecule has 0 bridgehead atoms. The van der Waals surface area contributed by atoms with Crippen molar-refractivity contribution in [3.8, 4) is 5.75 Å². The first-order valence-corrected chi connectivity index (χ1v) is 4.81. The molecular weight excluding hydrogens is 216 g/mol. The van der Waals surface area contributed by atoms with E-state index in [2.05, 4.69) is 10.1 Å². The second kappa shape index (κ2) is 5.62. The molecule has 5 N–H and O–H groups in total. The fraction of sp³-hybridized carbons (Fsp3) is 0.400. The molecule has 0 spiro atoms. The van der Waals surface area contributed by atoms with Gasteiger partial charge in [0.25, 0.3) is 0 Å². The van der Waals surface area contributed by atoms with Gasteiger partial charge in [-0.05, 0) is 0 Å². The number of nitrogens with two attached hydrogens (primary N) is 2. The molecule has 0 aliphatic heterocycles. The van der Waals surface area contributed by atoms with E-state index < -0.39 is 11.6 Å². The molecular formula is C10H15F2N3O. The minimum Gasteiger partial charge on any atom is -0.494 e. The maximum Gasteiger partial charge on any atom is 0.167 e. The SMILES string of the molecule is COc1cc(F)c(NCC(N)CN)cc1F. The molecule has 1 aromatic rings. The van der Waals surface area contributed by atoms with Gasteiger partial charge in [0.15, 0.2) is 11.6 Å². The Balaban J connectivity index is 2.77. The first-order chi connectivity index (χ1) is 7.58. The summed E-state index contributed by atoms with van der Waals surface area (Å²) >= 11 is 0. The number of hydrogen-bond acceptors (Lipinski definition) is 4. The quantitative estimate of drug-likeness (QED) is 0.696. The van der Waals surface area contributed by atoms with Crippen molar-refractivity contribution in [3.63, 3.8) is 0 Å². The summed E-state index contributed by atoms with van der Waals surface area (Å²) in [5, 5.41) is 2.68. The number of nitrogens with one attached hydrogen (secondary N) is 1. The van der Waals surface area contributed by atoms with E-state index >= 15 is 0 Å². The van der Waals surface area contributed by atoms with Crippen LogP contribution in [0.3, 0.4) is 0 Å². The number of rotatable bonds is 5. The van der Waals surface area contributed by atoms with Gasteiger partial charge in [-0.3, -0.25) is 0 Å². The molecule has 90 valence electrons. The average molecular weight is 231 g/mol. The Hall–Kier alpha value is -1.40. The predicted molar refractivity (Wildman–Crippen MR) is 58.4 cm³/mol. The van der Waals surface area contributed by atoms with Crippen molar-refractivity contribution >= 4 is 5.69 Å². The molecule has 16 heavy (non-hydrogen) atoms. The van der Waals surface area contributed by atoms with Crippen LogP contribution in [-0.4, -0.2) is 26.2 Å². The Bertz CT molecular complexity index is 360. The van der Waals surface area contributed by atoms with E-state index in [4.69, 9.17) is 11.5 Å². The van der Waals surface area contributed by atoms with E-state index in [-0.39, 0.29) is 30.6 Å².